The van der Waals surface area contributed by atoms with Crippen molar-refractivity contribution >= 4 is 39.2 Å². The van der Waals surface area contributed by atoms with E-state index in [1.807, 2.05) is 18.2 Å². The molecule has 0 amide bonds. The van der Waals surface area contributed by atoms with Crippen molar-refractivity contribution in [1.82, 2.24) is 14.8 Å². The molecule has 5 heteroatoms. The van der Waals surface area contributed by atoms with Crippen molar-refractivity contribution in [2.24, 2.45) is 5.92 Å². The number of fused-ring (bicyclic) bond motifs is 3. The lowest BCUT2D eigenvalue weighted by atomic mass is 10.0. The largest absolute Gasteiger partial charge is 0.382 e. The molecule has 0 saturated heterocycles. The van der Waals surface area contributed by atoms with Crippen LogP contribution in [-0.4, -0.2) is 20.6 Å². The summed E-state index contributed by atoms with van der Waals surface area (Å²) >= 11 is 5.86. The molecule has 2 heterocycles. The van der Waals surface area contributed by atoms with Crippen LogP contribution < -0.4 is 5.73 Å². The van der Waals surface area contributed by atoms with Gasteiger partial charge in [0, 0.05) is 28.9 Å². The normalized spacial score (nSPS) is 11.8. The fourth-order valence-corrected chi connectivity index (χ4v) is 3.03. The molecule has 0 radical (unpaired) electrons. The van der Waals surface area contributed by atoms with Gasteiger partial charge in [0.25, 0.3) is 0 Å². The highest BCUT2D eigenvalue weighted by Gasteiger charge is 2.18. The molecule has 1 aromatic carbocycles. The Labute approximate surface area is 135 Å². The second-order valence-corrected chi connectivity index (χ2v) is 6.43. The van der Waals surface area contributed by atoms with E-state index < -0.39 is 0 Å². The zero-order chi connectivity index (χ0) is 15.7. The smallest absolute Gasteiger partial charge is 0.152 e. The second kappa shape index (κ2) is 6.13. The fraction of sp³-hybridized carbons (Fsp3) is 0.412. The number of nitrogen functional groups attached to an aromatic ring is 1. The molecule has 0 fully saturated rings. The maximum absolute atomic E-state index is 6.15. The van der Waals surface area contributed by atoms with Crippen LogP contribution in [0.15, 0.2) is 24.3 Å². The monoisotopic (exact) mass is 316 g/mol. The number of hydrogen-bond acceptors (Lipinski definition) is 3. The topological polar surface area (TPSA) is 56.7 Å². The summed E-state index contributed by atoms with van der Waals surface area (Å²) < 4.78 is 2.07. The molecule has 2 aromatic heterocycles. The number of para-hydroxylation sites is 1. The Balaban J connectivity index is 2.32. The Kier molecular flexibility index (Phi) is 4.21. The highest BCUT2D eigenvalue weighted by Crippen LogP contribution is 2.31. The predicted molar refractivity (Wildman–Crippen MR) is 93.3 cm³/mol. The summed E-state index contributed by atoms with van der Waals surface area (Å²) in [5.41, 5.74) is 9.12. The summed E-state index contributed by atoms with van der Waals surface area (Å²) in [6.45, 7) is 5.25. The van der Waals surface area contributed by atoms with Crippen molar-refractivity contribution in [3.8, 4) is 0 Å². The fourth-order valence-electron chi connectivity index (χ4n) is 2.91. The molecule has 22 heavy (non-hydrogen) atoms. The SMILES string of the molecule is CC(C)Cc1c2c(nn1CCCCl)c(N)nc1ccccc12. The third-order valence-electron chi connectivity index (χ3n) is 3.82. The summed E-state index contributed by atoms with van der Waals surface area (Å²) in [5, 5.41) is 6.99. The lowest BCUT2D eigenvalue weighted by molar-refractivity contribution is 0.543. The number of anilines is 1. The van der Waals surface area contributed by atoms with Crippen LogP contribution in [0.3, 0.4) is 0 Å². The molecule has 3 rings (SSSR count). The molecule has 116 valence electrons. The molecule has 0 aliphatic rings. The number of nitrogens with two attached hydrogens (primary N) is 1. The minimum atomic E-state index is 0.503. The van der Waals surface area contributed by atoms with Gasteiger partial charge in [-0.25, -0.2) is 4.98 Å². The zero-order valence-corrected chi connectivity index (χ0v) is 13.8. The molecule has 3 aromatic rings. The van der Waals surface area contributed by atoms with Crippen LogP contribution in [0.2, 0.25) is 0 Å². The number of benzene rings is 1. The van der Waals surface area contributed by atoms with Crippen LogP contribution in [0.4, 0.5) is 5.82 Å². The maximum atomic E-state index is 6.15. The Bertz CT molecular complexity index is 807. The second-order valence-electron chi connectivity index (χ2n) is 6.05. The first-order chi connectivity index (χ1) is 10.6. The van der Waals surface area contributed by atoms with Crippen molar-refractivity contribution in [3.05, 3.63) is 30.0 Å². The van der Waals surface area contributed by atoms with Crippen LogP contribution in [-0.2, 0) is 13.0 Å². The Morgan fingerprint density at radius 2 is 2.05 bits per heavy atom. The minimum absolute atomic E-state index is 0.503. The molecule has 0 unspecified atom stereocenters. The van der Waals surface area contributed by atoms with Crippen LogP contribution in [0.1, 0.15) is 26.0 Å². The lowest BCUT2D eigenvalue weighted by Gasteiger charge is -2.10. The third-order valence-corrected chi connectivity index (χ3v) is 4.09. The first-order valence-electron chi connectivity index (χ1n) is 7.71. The lowest BCUT2D eigenvalue weighted by Crippen LogP contribution is -2.08. The Morgan fingerprint density at radius 3 is 2.77 bits per heavy atom. The van der Waals surface area contributed by atoms with Crippen molar-refractivity contribution in [3.63, 3.8) is 0 Å². The van der Waals surface area contributed by atoms with Crippen molar-refractivity contribution in [1.29, 1.82) is 0 Å². The molecule has 0 spiro atoms. The Morgan fingerprint density at radius 1 is 1.27 bits per heavy atom. The molecule has 0 saturated carbocycles. The van der Waals surface area contributed by atoms with Crippen LogP contribution >= 0.6 is 11.6 Å². The van der Waals surface area contributed by atoms with Gasteiger partial charge < -0.3 is 5.73 Å². The molecule has 2 N–H and O–H groups in total. The maximum Gasteiger partial charge on any atom is 0.152 e. The number of aromatic nitrogens is 3. The molecule has 0 aliphatic carbocycles. The van der Waals surface area contributed by atoms with Crippen molar-refractivity contribution in [2.45, 2.75) is 33.2 Å². The molecule has 0 bridgehead atoms. The first-order valence-corrected chi connectivity index (χ1v) is 8.24. The first kappa shape index (κ1) is 15.1. The zero-order valence-electron chi connectivity index (χ0n) is 13.0. The number of pyridine rings is 1. The molecular weight excluding hydrogens is 296 g/mol. The van der Waals surface area contributed by atoms with E-state index in [4.69, 9.17) is 22.4 Å². The van der Waals surface area contributed by atoms with Gasteiger partial charge in [-0.2, -0.15) is 5.10 Å². The predicted octanol–water partition coefficient (Wildman–Crippen LogP) is 3.99. The number of alkyl halides is 1. The van der Waals surface area contributed by atoms with E-state index >= 15 is 0 Å². The van der Waals surface area contributed by atoms with E-state index in [1.165, 1.54) is 5.69 Å². The summed E-state index contributed by atoms with van der Waals surface area (Å²) in [6, 6.07) is 8.12. The van der Waals surface area contributed by atoms with E-state index in [0.717, 1.165) is 41.2 Å². The molecular formula is C17H21ClN4. The van der Waals surface area contributed by atoms with Crippen LogP contribution in [0.5, 0.6) is 0 Å². The van der Waals surface area contributed by atoms with Crippen molar-refractivity contribution < 1.29 is 0 Å². The van der Waals surface area contributed by atoms with Crippen molar-refractivity contribution in [2.75, 3.05) is 11.6 Å². The average Bonchev–Trinajstić information content (AvgIpc) is 2.84. The summed E-state index contributed by atoms with van der Waals surface area (Å²) in [6.07, 6.45) is 1.86. The van der Waals surface area contributed by atoms with Gasteiger partial charge in [-0.15, -0.1) is 11.6 Å². The van der Waals surface area contributed by atoms with E-state index in [9.17, 15) is 0 Å². The van der Waals surface area contributed by atoms with Gasteiger partial charge in [0.1, 0.15) is 5.52 Å². The van der Waals surface area contributed by atoms with Gasteiger partial charge in [-0.05, 0) is 24.8 Å². The van der Waals surface area contributed by atoms with E-state index in [1.54, 1.807) is 0 Å². The summed E-state index contributed by atoms with van der Waals surface area (Å²) in [7, 11) is 0. The van der Waals surface area contributed by atoms with Gasteiger partial charge in [-0.3, -0.25) is 4.68 Å². The molecule has 0 atom stereocenters. The average molecular weight is 317 g/mol. The third kappa shape index (κ3) is 2.63. The van der Waals surface area contributed by atoms with Gasteiger partial charge in [0.05, 0.1) is 5.52 Å². The number of halogens is 1. The highest BCUT2D eigenvalue weighted by molar-refractivity contribution is 6.17. The van der Waals surface area contributed by atoms with E-state index in [0.29, 0.717) is 17.6 Å². The molecule has 4 nitrogen and oxygen atoms in total. The quantitative estimate of drug-likeness (QED) is 0.724. The van der Waals surface area contributed by atoms with Gasteiger partial charge >= 0.3 is 0 Å². The van der Waals surface area contributed by atoms with Gasteiger partial charge in [0.15, 0.2) is 5.82 Å². The highest BCUT2D eigenvalue weighted by atomic mass is 35.5. The summed E-state index contributed by atoms with van der Waals surface area (Å²) in [5.74, 6) is 1.68. The van der Waals surface area contributed by atoms with Crippen LogP contribution in [0.25, 0.3) is 21.8 Å². The summed E-state index contributed by atoms with van der Waals surface area (Å²) in [4.78, 5) is 4.49. The van der Waals surface area contributed by atoms with E-state index in [2.05, 4.69) is 29.6 Å². The number of hydrogen-bond donors (Lipinski definition) is 1. The number of nitrogens with zero attached hydrogens (tertiary/aromatic N) is 3. The standard InChI is InChI=1S/C17H21ClN4/c1-11(2)10-14-15-12-6-3-4-7-13(12)20-17(19)16(15)21-22(14)9-5-8-18/h3-4,6-7,11H,5,8-10H2,1-2H3,(H2,19,20). The minimum Gasteiger partial charge on any atom is -0.382 e. The van der Waals surface area contributed by atoms with Gasteiger partial charge in [0.2, 0.25) is 0 Å². The Hall–Kier alpha value is -1.81. The van der Waals surface area contributed by atoms with E-state index in [-0.39, 0.29) is 0 Å². The molecule has 0 aliphatic heterocycles. The number of rotatable bonds is 5. The number of aryl methyl sites for hydroxylation is 1. The van der Waals surface area contributed by atoms with Gasteiger partial charge in [-0.1, -0.05) is 32.0 Å². The van der Waals surface area contributed by atoms with Crippen LogP contribution in [0, 0.1) is 5.92 Å².